The minimum absolute atomic E-state index is 0.157. The summed E-state index contributed by atoms with van der Waals surface area (Å²) >= 11 is 3.78. The van der Waals surface area contributed by atoms with E-state index in [1.807, 2.05) is 37.4 Å². The quantitative estimate of drug-likeness (QED) is 0.200. The fourth-order valence-electron chi connectivity index (χ4n) is 3.82. The summed E-state index contributed by atoms with van der Waals surface area (Å²) in [7, 11) is -3.63. The van der Waals surface area contributed by atoms with E-state index < -0.39 is 34.4 Å². The Bertz CT molecular complexity index is 582. The van der Waals surface area contributed by atoms with Gasteiger partial charge in [0.25, 0.3) is 0 Å². The van der Waals surface area contributed by atoms with Crippen LogP contribution in [0.2, 0.25) is 37.8 Å². The molecular formula is C23H46O4S2Si2. The molecule has 0 amide bonds. The first-order valence-electron chi connectivity index (χ1n) is 11.8. The number of thioether (sulfide) groups is 2. The fraction of sp³-hybridized carbons (Fsp3) is 0.913. The summed E-state index contributed by atoms with van der Waals surface area (Å²) in [5.41, 5.74) is 3.35. The molecule has 1 N–H and O–H groups in total. The molecule has 1 fully saturated rings. The van der Waals surface area contributed by atoms with Gasteiger partial charge in [0, 0.05) is 0 Å². The first-order valence-corrected chi connectivity index (χ1v) is 20.0. The highest BCUT2D eigenvalue weighted by Crippen LogP contribution is 2.42. The number of hydrogen-bond donors (Lipinski definition) is 1. The molecule has 182 valence electrons. The monoisotopic (exact) mass is 506 g/mol. The summed E-state index contributed by atoms with van der Waals surface area (Å²) in [4.78, 5) is 0. The summed E-state index contributed by atoms with van der Waals surface area (Å²) in [5, 5.41) is 11.3. The van der Waals surface area contributed by atoms with E-state index in [9.17, 15) is 5.11 Å². The Morgan fingerprint density at radius 3 is 1.84 bits per heavy atom. The highest BCUT2D eigenvalue weighted by atomic mass is 32.2. The third-order valence-electron chi connectivity index (χ3n) is 5.64. The number of aliphatic hydroxyl groups excluding tert-OH is 1. The van der Waals surface area contributed by atoms with E-state index in [0.29, 0.717) is 0 Å². The lowest BCUT2D eigenvalue weighted by molar-refractivity contribution is -0.157. The smallest absolute Gasteiger partial charge is 0.192 e. The summed E-state index contributed by atoms with van der Waals surface area (Å²) < 4.78 is 20.0. The molecule has 8 heteroatoms. The third-order valence-corrected chi connectivity index (χ3v) is 13.9. The van der Waals surface area contributed by atoms with Gasteiger partial charge < -0.3 is 19.0 Å². The van der Waals surface area contributed by atoms with E-state index in [0.717, 1.165) is 29.6 Å². The van der Waals surface area contributed by atoms with E-state index >= 15 is 0 Å². The molecule has 31 heavy (non-hydrogen) atoms. The van der Waals surface area contributed by atoms with Crippen LogP contribution in [0, 0.1) is 11.5 Å². The molecule has 1 heterocycles. The minimum Gasteiger partial charge on any atom is -0.407 e. The van der Waals surface area contributed by atoms with Gasteiger partial charge in [-0.3, -0.25) is 0 Å². The molecule has 0 aromatic heterocycles. The molecule has 0 aromatic carbocycles. The number of rotatable bonds is 12. The van der Waals surface area contributed by atoms with Crippen LogP contribution >= 0.6 is 23.5 Å². The zero-order chi connectivity index (χ0) is 23.9. The van der Waals surface area contributed by atoms with Crippen molar-refractivity contribution in [1.82, 2.24) is 0 Å². The van der Waals surface area contributed by atoms with Crippen LogP contribution in [-0.2, 0) is 13.9 Å². The van der Waals surface area contributed by atoms with E-state index in [-0.39, 0.29) is 16.8 Å². The van der Waals surface area contributed by atoms with Crippen molar-refractivity contribution in [2.24, 2.45) is 0 Å². The second-order valence-corrected chi connectivity index (χ2v) is 22.2. The molecule has 0 radical (unpaired) electrons. The van der Waals surface area contributed by atoms with E-state index in [2.05, 4.69) is 65.7 Å². The standard InChI is InChI=1S/C23H46O4S2Si2/c1-11-28-22(29-12-2)21-20(25-23(6,7)26-21)19(18(24)16-17-30(8,9)10)27-31(13-3,14-4)15-5/h18-22,24H,11-15H2,1-10H3/t18-,19+,20+,21-/m0/s1. The van der Waals surface area contributed by atoms with Crippen LogP contribution in [0.15, 0.2) is 0 Å². The van der Waals surface area contributed by atoms with Crippen molar-refractivity contribution in [2.45, 2.75) is 121 Å². The van der Waals surface area contributed by atoms with Crippen molar-refractivity contribution >= 4 is 39.9 Å². The van der Waals surface area contributed by atoms with Gasteiger partial charge in [-0.1, -0.05) is 60.2 Å². The SMILES string of the molecule is CCSC(SCC)[C@H]1OC(C)(C)O[C@@H]1[C@H](O[Si](CC)(CC)CC)[C@@H](O)C#C[Si](C)(C)C. The normalized spacial score (nSPS) is 23.5. The van der Waals surface area contributed by atoms with Crippen molar-refractivity contribution < 1.29 is 19.0 Å². The summed E-state index contributed by atoms with van der Waals surface area (Å²) in [6.07, 6.45) is -1.89. The maximum absolute atomic E-state index is 11.3. The van der Waals surface area contributed by atoms with Gasteiger partial charge in [-0.05, 0) is 43.5 Å². The van der Waals surface area contributed by atoms with Gasteiger partial charge >= 0.3 is 0 Å². The van der Waals surface area contributed by atoms with Crippen molar-refractivity contribution in [3.63, 3.8) is 0 Å². The van der Waals surface area contributed by atoms with Crippen LogP contribution in [-0.4, -0.2) is 67.8 Å². The summed E-state index contributed by atoms with van der Waals surface area (Å²) in [5.74, 6) is 4.46. The van der Waals surface area contributed by atoms with Gasteiger partial charge in [0.2, 0.25) is 0 Å². The summed E-state index contributed by atoms with van der Waals surface area (Å²) in [6, 6.07) is 3.05. The van der Waals surface area contributed by atoms with Gasteiger partial charge in [-0.2, -0.15) is 0 Å². The Morgan fingerprint density at radius 2 is 1.42 bits per heavy atom. The Kier molecular flexibility index (Phi) is 12.3. The van der Waals surface area contributed by atoms with Gasteiger partial charge in [0.1, 0.15) is 32.5 Å². The molecule has 0 spiro atoms. The van der Waals surface area contributed by atoms with E-state index in [1.165, 1.54) is 0 Å². The molecule has 0 saturated carbocycles. The maximum Gasteiger partial charge on any atom is 0.192 e. The van der Waals surface area contributed by atoms with Gasteiger partial charge in [0.15, 0.2) is 14.1 Å². The average Bonchev–Trinajstić information content (AvgIpc) is 3.02. The zero-order valence-electron chi connectivity index (χ0n) is 21.4. The predicted octanol–water partition coefficient (Wildman–Crippen LogP) is 5.97. The Hall–Kier alpha value is 0.534. The average molecular weight is 507 g/mol. The van der Waals surface area contributed by atoms with Crippen LogP contribution < -0.4 is 0 Å². The van der Waals surface area contributed by atoms with Crippen molar-refractivity contribution in [3.05, 3.63) is 0 Å². The van der Waals surface area contributed by atoms with Crippen molar-refractivity contribution in [1.29, 1.82) is 0 Å². The number of aliphatic hydroxyl groups is 1. The second-order valence-electron chi connectivity index (χ2n) is 9.63. The molecule has 1 saturated heterocycles. The molecular weight excluding hydrogens is 461 g/mol. The van der Waals surface area contributed by atoms with Crippen LogP contribution in [0.25, 0.3) is 0 Å². The molecule has 1 aliphatic rings. The third kappa shape index (κ3) is 9.01. The molecule has 4 nitrogen and oxygen atoms in total. The molecule has 0 bridgehead atoms. The predicted molar refractivity (Wildman–Crippen MR) is 143 cm³/mol. The second kappa shape index (κ2) is 12.8. The fourth-order valence-corrected chi connectivity index (χ4v) is 9.90. The lowest BCUT2D eigenvalue weighted by Crippen LogP contribution is -2.53. The van der Waals surface area contributed by atoms with Crippen molar-refractivity contribution in [2.75, 3.05) is 11.5 Å². The van der Waals surface area contributed by atoms with Crippen LogP contribution in [0.3, 0.4) is 0 Å². The topological polar surface area (TPSA) is 47.9 Å². The summed E-state index contributed by atoms with van der Waals surface area (Å²) in [6.45, 7) is 21.5. The molecule has 0 aliphatic carbocycles. The lowest BCUT2D eigenvalue weighted by atomic mass is 10.0. The lowest BCUT2D eigenvalue weighted by Gasteiger charge is -2.38. The molecule has 1 rings (SSSR count). The largest absolute Gasteiger partial charge is 0.407 e. The van der Waals surface area contributed by atoms with Gasteiger partial charge in [-0.15, -0.1) is 29.1 Å². The molecule has 1 aliphatic heterocycles. The Morgan fingerprint density at radius 1 is 0.935 bits per heavy atom. The highest BCUT2D eigenvalue weighted by molar-refractivity contribution is 8.17. The maximum atomic E-state index is 11.3. The zero-order valence-corrected chi connectivity index (χ0v) is 25.0. The Labute approximate surface area is 202 Å². The highest BCUT2D eigenvalue weighted by Gasteiger charge is 2.52. The first kappa shape index (κ1) is 29.6. The van der Waals surface area contributed by atoms with Crippen molar-refractivity contribution in [3.8, 4) is 11.5 Å². The number of ether oxygens (including phenoxy) is 2. The first-order chi connectivity index (χ1) is 14.4. The van der Waals surface area contributed by atoms with Gasteiger partial charge in [0.05, 0.1) is 4.58 Å². The molecule has 0 unspecified atom stereocenters. The Balaban J connectivity index is 3.41. The van der Waals surface area contributed by atoms with E-state index in [4.69, 9.17) is 13.9 Å². The van der Waals surface area contributed by atoms with Crippen LogP contribution in [0.5, 0.6) is 0 Å². The molecule has 0 aromatic rings. The van der Waals surface area contributed by atoms with Gasteiger partial charge in [-0.25, -0.2) is 0 Å². The minimum atomic E-state index is -2.00. The number of hydrogen-bond acceptors (Lipinski definition) is 6. The molecule has 4 atom stereocenters. The van der Waals surface area contributed by atoms with Crippen LogP contribution in [0.1, 0.15) is 48.5 Å². The van der Waals surface area contributed by atoms with E-state index in [1.54, 1.807) is 0 Å². The van der Waals surface area contributed by atoms with Crippen LogP contribution in [0.4, 0.5) is 0 Å².